The Morgan fingerprint density at radius 2 is 2.20 bits per heavy atom. The molecule has 0 N–H and O–H groups in total. The molecule has 0 aliphatic heterocycles. The van der Waals surface area contributed by atoms with E-state index < -0.39 is 0 Å². The van der Waals surface area contributed by atoms with Crippen molar-refractivity contribution in [1.29, 1.82) is 5.26 Å². The van der Waals surface area contributed by atoms with Crippen molar-refractivity contribution in [2.75, 3.05) is 0 Å². The fourth-order valence-electron chi connectivity index (χ4n) is 0.429. The molecule has 0 unspecified atom stereocenters. The van der Waals surface area contributed by atoms with E-state index in [-0.39, 0.29) is 0 Å². The van der Waals surface area contributed by atoms with Crippen molar-refractivity contribution in [2.45, 2.75) is 13.8 Å². The number of nitrogens with zero attached hydrogens (tertiary/aromatic N) is 1. The van der Waals surface area contributed by atoms with E-state index in [0.717, 1.165) is 5.57 Å². The van der Waals surface area contributed by atoms with Crippen molar-refractivity contribution < 1.29 is 0 Å². The average Bonchev–Trinajstić information content (AvgIpc) is 1.98. The lowest BCUT2D eigenvalue weighted by atomic mass is 10.1. The van der Waals surface area contributed by atoms with Gasteiger partial charge in [-0.25, -0.2) is 0 Å². The zero-order chi connectivity index (χ0) is 7.98. The zero-order valence-electron chi connectivity index (χ0n) is 6.39. The summed E-state index contributed by atoms with van der Waals surface area (Å²) in [5.74, 6) is 0. The third-order valence-electron chi connectivity index (χ3n) is 1.15. The second kappa shape index (κ2) is 4.58. The minimum Gasteiger partial charge on any atom is -0.192 e. The predicted octanol–water partition coefficient (Wildman–Crippen LogP) is 2.59. The molecule has 0 aromatic carbocycles. The Morgan fingerprint density at radius 3 is 2.60 bits per heavy atom. The molecule has 0 heterocycles. The normalized spacial score (nSPS) is 11.5. The minimum absolute atomic E-state index is 0.526. The topological polar surface area (TPSA) is 23.8 Å². The molecule has 0 aliphatic carbocycles. The largest absolute Gasteiger partial charge is 0.192 e. The summed E-state index contributed by atoms with van der Waals surface area (Å²) in [6.07, 6.45) is 5.66. The van der Waals surface area contributed by atoms with Gasteiger partial charge in [0.2, 0.25) is 0 Å². The number of hydrogen-bond acceptors (Lipinski definition) is 1. The zero-order valence-corrected chi connectivity index (χ0v) is 6.39. The molecule has 0 rings (SSSR count). The van der Waals surface area contributed by atoms with Gasteiger partial charge in [-0.3, -0.25) is 0 Å². The first-order valence-electron chi connectivity index (χ1n) is 3.11. The van der Waals surface area contributed by atoms with E-state index in [1.54, 1.807) is 0 Å². The Labute approximate surface area is 62.0 Å². The molecule has 0 fully saturated rings. The van der Waals surface area contributed by atoms with Gasteiger partial charge in [-0.05, 0) is 19.4 Å². The molecule has 1 heteroatoms. The van der Waals surface area contributed by atoms with Gasteiger partial charge < -0.3 is 0 Å². The molecule has 0 spiro atoms. The van der Waals surface area contributed by atoms with Gasteiger partial charge >= 0.3 is 0 Å². The molecule has 0 saturated heterocycles. The van der Waals surface area contributed by atoms with Crippen LogP contribution in [0.3, 0.4) is 0 Å². The fraction of sp³-hybridized carbons (Fsp3) is 0.222. The molecule has 10 heavy (non-hydrogen) atoms. The molecule has 0 amide bonds. The molecular weight excluding hydrogens is 122 g/mol. The van der Waals surface area contributed by atoms with Crippen LogP contribution in [-0.2, 0) is 0 Å². The highest BCUT2D eigenvalue weighted by Crippen LogP contribution is 2.03. The molecule has 0 aromatic rings. The summed E-state index contributed by atoms with van der Waals surface area (Å²) < 4.78 is 0. The van der Waals surface area contributed by atoms with Crippen molar-refractivity contribution in [2.24, 2.45) is 0 Å². The number of rotatable bonds is 2. The minimum atomic E-state index is 0.526. The summed E-state index contributed by atoms with van der Waals surface area (Å²) in [5.41, 5.74) is 1.44. The van der Waals surface area contributed by atoms with Crippen LogP contribution in [0, 0.1) is 11.3 Å². The fourth-order valence-corrected chi connectivity index (χ4v) is 0.429. The first-order valence-corrected chi connectivity index (χ1v) is 3.11. The van der Waals surface area contributed by atoms with Crippen LogP contribution in [0.15, 0.2) is 36.0 Å². The van der Waals surface area contributed by atoms with Crippen molar-refractivity contribution in [3.63, 3.8) is 0 Å². The summed E-state index contributed by atoms with van der Waals surface area (Å²) in [6.45, 7) is 7.36. The van der Waals surface area contributed by atoms with Gasteiger partial charge in [0.15, 0.2) is 0 Å². The molecule has 0 atom stereocenters. The highest BCUT2D eigenvalue weighted by molar-refractivity contribution is 5.39. The van der Waals surface area contributed by atoms with Crippen LogP contribution in [0.1, 0.15) is 13.8 Å². The van der Waals surface area contributed by atoms with Crippen molar-refractivity contribution in [3.8, 4) is 6.07 Å². The van der Waals surface area contributed by atoms with Crippen LogP contribution in [0.5, 0.6) is 0 Å². The van der Waals surface area contributed by atoms with Crippen molar-refractivity contribution >= 4 is 0 Å². The van der Waals surface area contributed by atoms with Crippen molar-refractivity contribution in [3.05, 3.63) is 36.0 Å². The lowest BCUT2D eigenvalue weighted by Gasteiger charge is -1.90. The van der Waals surface area contributed by atoms with Crippen molar-refractivity contribution in [1.82, 2.24) is 0 Å². The Balaban J connectivity index is 4.23. The predicted molar refractivity (Wildman–Crippen MR) is 43.3 cm³/mol. The standard InChI is InChI=1S/C9H11N/c1-4-5-6-8(2)9(3)7-10/h4-6H,3H2,1-2H3/b5-4+,8-6+. The summed E-state index contributed by atoms with van der Waals surface area (Å²) >= 11 is 0. The van der Waals surface area contributed by atoms with Gasteiger partial charge in [-0.1, -0.05) is 24.8 Å². The molecule has 0 bridgehead atoms. The van der Waals surface area contributed by atoms with Gasteiger partial charge in [0.25, 0.3) is 0 Å². The van der Waals surface area contributed by atoms with Crippen LogP contribution in [0.4, 0.5) is 0 Å². The van der Waals surface area contributed by atoms with Gasteiger partial charge in [0.05, 0.1) is 6.07 Å². The second-order valence-electron chi connectivity index (χ2n) is 1.97. The number of allylic oxidation sites excluding steroid dienone is 5. The van der Waals surface area contributed by atoms with E-state index in [1.165, 1.54) is 0 Å². The second-order valence-corrected chi connectivity index (χ2v) is 1.97. The van der Waals surface area contributed by atoms with Crippen LogP contribution in [0.2, 0.25) is 0 Å². The lowest BCUT2D eigenvalue weighted by Crippen LogP contribution is -1.75. The molecule has 0 saturated carbocycles. The molecule has 0 radical (unpaired) electrons. The SMILES string of the molecule is C=C(C#N)/C(C)=C/C=C/C. The van der Waals surface area contributed by atoms with Gasteiger partial charge in [0, 0.05) is 5.57 Å². The van der Waals surface area contributed by atoms with E-state index in [2.05, 4.69) is 6.58 Å². The van der Waals surface area contributed by atoms with Gasteiger partial charge in [0.1, 0.15) is 0 Å². The quantitative estimate of drug-likeness (QED) is 0.419. The Hall–Kier alpha value is -1.29. The summed E-state index contributed by atoms with van der Waals surface area (Å²) in [4.78, 5) is 0. The Bertz CT molecular complexity index is 213. The van der Waals surface area contributed by atoms with E-state index in [0.29, 0.717) is 5.57 Å². The van der Waals surface area contributed by atoms with Crippen LogP contribution in [0.25, 0.3) is 0 Å². The lowest BCUT2D eigenvalue weighted by molar-refractivity contribution is 1.41. The van der Waals surface area contributed by atoms with E-state index >= 15 is 0 Å². The first-order chi connectivity index (χ1) is 4.72. The van der Waals surface area contributed by atoms with Crippen LogP contribution in [-0.4, -0.2) is 0 Å². The third kappa shape index (κ3) is 2.88. The van der Waals surface area contributed by atoms with Crippen LogP contribution < -0.4 is 0 Å². The Kier molecular flexibility index (Phi) is 3.99. The summed E-state index contributed by atoms with van der Waals surface area (Å²) in [5, 5.41) is 8.39. The third-order valence-corrected chi connectivity index (χ3v) is 1.15. The highest BCUT2D eigenvalue weighted by atomic mass is 14.2. The maximum atomic E-state index is 8.39. The molecule has 1 nitrogen and oxygen atoms in total. The van der Waals surface area contributed by atoms with E-state index in [4.69, 9.17) is 5.26 Å². The Morgan fingerprint density at radius 1 is 1.60 bits per heavy atom. The van der Waals surface area contributed by atoms with E-state index in [9.17, 15) is 0 Å². The molecule has 52 valence electrons. The average molecular weight is 133 g/mol. The number of hydrogen-bond donors (Lipinski definition) is 0. The smallest absolute Gasteiger partial charge is 0.0988 e. The summed E-state index contributed by atoms with van der Waals surface area (Å²) in [7, 11) is 0. The monoisotopic (exact) mass is 133 g/mol. The van der Waals surface area contributed by atoms with Gasteiger partial charge in [-0.15, -0.1) is 0 Å². The van der Waals surface area contributed by atoms with Crippen LogP contribution >= 0.6 is 0 Å². The highest BCUT2D eigenvalue weighted by Gasteiger charge is 1.89. The first kappa shape index (κ1) is 8.71. The molecule has 0 aliphatic rings. The van der Waals surface area contributed by atoms with E-state index in [1.807, 2.05) is 38.1 Å². The maximum Gasteiger partial charge on any atom is 0.0988 e. The molecule has 0 aromatic heterocycles. The molecular formula is C9H11N. The number of nitriles is 1. The van der Waals surface area contributed by atoms with Gasteiger partial charge in [-0.2, -0.15) is 5.26 Å². The maximum absolute atomic E-state index is 8.39. The summed E-state index contributed by atoms with van der Waals surface area (Å²) in [6, 6.07) is 1.98.